The van der Waals surface area contributed by atoms with E-state index in [9.17, 15) is 9.59 Å². The molecule has 1 unspecified atom stereocenters. The van der Waals surface area contributed by atoms with Crippen LogP contribution in [0.5, 0.6) is 0 Å². The zero-order valence-corrected chi connectivity index (χ0v) is 13.4. The lowest BCUT2D eigenvalue weighted by atomic mass is 9.75. The first kappa shape index (κ1) is 14.9. The van der Waals surface area contributed by atoms with Gasteiger partial charge in [-0.15, -0.1) is 0 Å². The maximum Gasteiger partial charge on any atom is 0.248 e. The van der Waals surface area contributed by atoms with E-state index in [0.717, 1.165) is 19.4 Å². The lowest BCUT2D eigenvalue weighted by molar-refractivity contribution is -0.140. The molecule has 3 fully saturated rings. The van der Waals surface area contributed by atoms with Crippen molar-refractivity contribution < 1.29 is 9.59 Å². The molecule has 0 aromatic carbocycles. The summed E-state index contributed by atoms with van der Waals surface area (Å²) in [6, 6.07) is 0. The highest BCUT2D eigenvalue weighted by atomic mass is 16.2. The molecule has 0 spiro atoms. The summed E-state index contributed by atoms with van der Waals surface area (Å²) in [6.07, 6.45) is 8.86. The summed E-state index contributed by atoms with van der Waals surface area (Å²) < 4.78 is 0. The molecule has 2 aliphatic carbocycles. The molecule has 2 amide bonds. The normalized spacial score (nSPS) is 33.5. The highest BCUT2D eigenvalue weighted by Gasteiger charge is 2.51. The van der Waals surface area contributed by atoms with Crippen molar-refractivity contribution in [3.05, 3.63) is 0 Å². The summed E-state index contributed by atoms with van der Waals surface area (Å²) in [6.45, 7) is 5.66. The largest absolute Gasteiger partial charge is 0.342 e. The van der Waals surface area contributed by atoms with E-state index in [1.807, 2.05) is 11.8 Å². The van der Waals surface area contributed by atoms with Crippen LogP contribution in [-0.2, 0) is 9.59 Å². The van der Waals surface area contributed by atoms with Gasteiger partial charge in [0.05, 0.1) is 0 Å². The summed E-state index contributed by atoms with van der Waals surface area (Å²) in [5.74, 6) is 0.533. The molecule has 0 aromatic heterocycles. The van der Waals surface area contributed by atoms with Gasteiger partial charge in [0.25, 0.3) is 0 Å². The summed E-state index contributed by atoms with van der Waals surface area (Å²) in [4.78, 5) is 27.0. The second kappa shape index (κ2) is 5.29. The van der Waals surface area contributed by atoms with Crippen molar-refractivity contribution in [3.8, 4) is 0 Å². The Kier molecular flexibility index (Phi) is 3.74. The third kappa shape index (κ3) is 2.95. The minimum absolute atomic E-state index is 0.0362. The first-order chi connectivity index (χ1) is 9.93. The van der Waals surface area contributed by atoms with Crippen LogP contribution in [0, 0.1) is 11.3 Å². The highest BCUT2D eigenvalue weighted by Crippen LogP contribution is 2.42. The SMILES string of the molecule is CC1(CN2CCC(=O)NC(C)(C3CC3)C2=O)CCCCC1. The molecular formula is C17H28N2O2. The van der Waals surface area contributed by atoms with Crippen LogP contribution < -0.4 is 5.32 Å². The Bertz CT molecular complexity index is 438. The van der Waals surface area contributed by atoms with Gasteiger partial charge in [0.1, 0.15) is 5.54 Å². The lowest BCUT2D eigenvalue weighted by Gasteiger charge is -2.40. The molecule has 0 bridgehead atoms. The molecule has 4 nitrogen and oxygen atoms in total. The van der Waals surface area contributed by atoms with Crippen molar-refractivity contribution in [2.24, 2.45) is 11.3 Å². The third-order valence-corrected chi connectivity index (χ3v) is 5.77. The summed E-state index contributed by atoms with van der Waals surface area (Å²) in [7, 11) is 0. The van der Waals surface area contributed by atoms with Gasteiger partial charge in [0.2, 0.25) is 11.8 Å². The Morgan fingerprint density at radius 1 is 1.14 bits per heavy atom. The maximum atomic E-state index is 13.0. The maximum absolute atomic E-state index is 13.0. The van der Waals surface area contributed by atoms with E-state index in [0.29, 0.717) is 18.9 Å². The van der Waals surface area contributed by atoms with E-state index >= 15 is 0 Å². The number of carbonyl (C=O) groups excluding carboxylic acids is 2. The van der Waals surface area contributed by atoms with Crippen LogP contribution in [0.25, 0.3) is 0 Å². The Morgan fingerprint density at radius 2 is 1.81 bits per heavy atom. The minimum Gasteiger partial charge on any atom is -0.342 e. The molecule has 1 saturated heterocycles. The van der Waals surface area contributed by atoms with Crippen LogP contribution in [0.1, 0.15) is 65.2 Å². The lowest BCUT2D eigenvalue weighted by Crippen LogP contribution is -2.57. The predicted molar refractivity (Wildman–Crippen MR) is 81.7 cm³/mol. The molecule has 0 aromatic rings. The first-order valence-corrected chi connectivity index (χ1v) is 8.53. The second-order valence-corrected chi connectivity index (χ2v) is 7.87. The number of rotatable bonds is 3. The van der Waals surface area contributed by atoms with Crippen molar-refractivity contribution >= 4 is 11.8 Å². The molecule has 1 heterocycles. The van der Waals surface area contributed by atoms with Crippen LogP contribution in [0.4, 0.5) is 0 Å². The van der Waals surface area contributed by atoms with Gasteiger partial charge < -0.3 is 10.2 Å². The highest BCUT2D eigenvalue weighted by molar-refractivity contribution is 5.93. The van der Waals surface area contributed by atoms with E-state index in [-0.39, 0.29) is 17.2 Å². The molecule has 1 N–H and O–H groups in total. The topological polar surface area (TPSA) is 49.4 Å². The van der Waals surface area contributed by atoms with Gasteiger partial charge in [-0.1, -0.05) is 26.2 Å². The number of amides is 2. The van der Waals surface area contributed by atoms with E-state index in [2.05, 4.69) is 12.2 Å². The minimum atomic E-state index is -0.654. The van der Waals surface area contributed by atoms with Crippen molar-refractivity contribution in [1.29, 1.82) is 0 Å². The number of carbonyl (C=O) groups is 2. The number of hydrogen-bond donors (Lipinski definition) is 1. The quantitative estimate of drug-likeness (QED) is 0.868. The Balaban J connectivity index is 1.77. The molecule has 4 heteroatoms. The van der Waals surface area contributed by atoms with Crippen molar-refractivity contribution in [2.45, 2.75) is 70.8 Å². The fourth-order valence-electron chi connectivity index (χ4n) is 4.18. The fourth-order valence-corrected chi connectivity index (χ4v) is 4.18. The zero-order chi connectivity index (χ0) is 15.1. The molecule has 3 rings (SSSR count). The molecule has 0 radical (unpaired) electrons. The van der Waals surface area contributed by atoms with Gasteiger partial charge in [0, 0.05) is 19.5 Å². The van der Waals surface area contributed by atoms with Crippen LogP contribution in [0.2, 0.25) is 0 Å². The van der Waals surface area contributed by atoms with E-state index in [1.165, 1.54) is 32.1 Å². The summed E-state index contributed by atoms with van der Waals surface area (Å²) in [5, 5.41) is 3.02. The molecule has 2 saturated carbocycles. The Morgan fingerprint density at radius 3 is 2.43 bits per heavy atom. The van der Waals surface area contributed by atoms with Crippen LogP contribution in [-0.4, -0.2) is 35.3 Å². The van der Waals surface area contributed by atoms with Crippen LogP contribution in [0.3, 0.4) is 0 Å². The smallest absolute Gasteiger partial charge is 0.248 e. The second-order valence-electron chi connectivity index (χ2n) is 7.87. The Hall–Kier alpha value is -1.06. The zero-order valence-electron chi connectivity index (χ0n) is 13.4. The first-order valence-electron chi connectivity index (χ1n) is 8.53. The molecule has 1 atom stereocenters. The predicted octanol–water partition coefficient (Wildman–Crippen LogP) is 2.47. The van der Waals surface area contributed by atoms with Gasteiger partial charge in [0.15, 0.2) is 0 Å². The molecule has 3 aliphatic rings. The van der Waals surface area contributed by atoms with Crippen LogP contribution >= 0.6 is 0 Å². The molecule has 21 heavy (non-hydrogen) atoms. The van der Waals surface area contributed by atoms with Gasteiger partial charge >= 0.3 is 0 Å². The van der Waals surface area contributed by atoms with Gasteiger partial charge in [-0.25, -0.2) is 0 Å². The fraction of sp³-hybridized carbons (Fsp3) is 0.882. The third-order valence-electron chi connectivity index (χ3n) is 5.77. The molecule has 118 valence electrons. The average Bonchev–Trinajstić information content (AvgIpc) is 3.27. The number of nitrogens with one attached hydrogen (secondary N) is 1. The summed E-state index contributed by atoms with van der Waals surface area (Å²) >= 11 is 0. The van der Waals surface area contributed by atoms with Crippen LogP contribution in [0.15, 0.2) is 0 Å². The standard InChI is InChI=1S/C17H28N2O2/c1-16(9-4-3-5-10-16)12-19-11-8-14(20)18-17(2,15(19)21)13-6-7-13/h13H,3-12H2,1-2H3,(H,18,20). The van der Waals surface area contributed by atoms with Gasteiger partial charge in [-0.05, 0) is 43.9 Å². The summed E-state index contributed by atoms with van der Waals surface area (Å²) in [5.41, 5.74) is -0.412. The molecular weight excluding hydrogens is 264 g/mol. The number of nitrogens with zero attached hydrogens (tertiary/aromatic N) is 1. The van der Waals surface area contributed by atoms with Gasteiger partial charge in [-0.3, -0.25) is 9.59 Å². The average molecular weight is 292 g/mol. The van der Waals surface area contributed by atoms with E-state index < -0.39 is 5.54 Å². The van der Waals surface area contributed by atoms with Gasteiger partial charge in [-0.2, -0.15) is 0 Å². The van der Waals surface area contributed by atoms with Crippen molar-refractivity contribution in [2.75, 3.05) is 13.1 Å². The van der Waals surface area contributed by atoms with Crippen molar-refractivity contribution in [1.82, 2.24) is 10.2 Å². The van der Waals surface area contributed by atoms with E-state index in [1.54, 1.807) is 0 Å². The van der Waals surface area contributed by atoms with Crippen molar-refractivity contribution in [3.63, 3.8) is 0 Å². The molecule has 1 aliphatic heterocycles. The van der Waals surface area contributed by atoms with E-state index in [4.69, 9.17) is 0 Å². The monoisotopic (exact) mass is 292 g/mol. The Labute approximate surface area is 127 Å². The number of hydrogen-bond acceptors (Lipinski definition) is 2.